The van der Waals surface area contributed by atoms with Crippen LogP contribution < -0.4 is 10.6 Å². The van der Waals surface area contributed by atoms with Gasteiger partial charge in [-0.2, -0.15) is 0 Å². The highest BCUT2D eigenvalue weighted by molar-refractivity contribution is 7.09. The lowest BCUT2D eigenvalue weighted by molar-refractivity contribution is 0.159. The van der Waals surface area contributed by atoms with E-state index in [1.54, 1.807) is 11.3 Å². The number of amides is 2. The van der Waals surface area contributed by atoms with E-state index in [0.717, 1.165) is 30.2 Å². The summed E-state index contributed by atoms with van der Waals surface area (Å²) in [5, 5.41) is 8.70. The van der Waals surface area contributed by atoms with Gasteiger partial charge in [0.05, 0.1) is 6.54 Å². The van der Waals surface area contributed by atoms with Crippen LogP contribution in [0.5, 0.6) is 0 Å². The van der Waals surface area contributed by atoms with Crippen LogP contribution in [0.2, 0.25) is 0 Å². The number of rotatable bonds is 6. The number of urea groups is 1. The maximum Gasteiger partial charge on any atom is 0.315 e. The molecule has 2 heterocycles. The molecule has 21 heavy (non-hydrogen) atoms. The zero-order chi connectivity index (χ0) is 15.1. The maximum absolute atomic E-state index is 11.7. The van der Waals surface area contributed by atoms with E-state index >= 15 is 0 Å². The van der Waals surface area contributed by atoms with Gasteiger partial charge >= 0.3 is 6.03 Å². The molecule has 0 spiro atoms. The largest absolute Gasteiger partial charge is 0.338 e. The lowest BCUT2D eigenvalue weighted by atomic mass is 10.0. The summed E-state index contributed by atoms with van der Waals surface area (Å²) in [4.78, 5) is 18.5. The number of thiazole rings is 1. The summed E-state index contributed by atoms with van der Waals surface area (Å²) in [6.07, 6.45) is 4.98. The number of aromatic nitrogens is 1. The molecule has 1 aliphatic heterocycles. The first-order valence-electron chi connectivity index (χ1n) is 7.82. The number of carbonyl (C=O) groups excluding carboxylic acids is 1. The number of piperidine rings is 1. The summed E-state index contributed by atoms with van der Waals surface area (Å²) in [7, 11) is 0. The minimum Gasteiger partial charge on any atom is -0.338 e. The third kappa shape index (κ3) is 5.63. The van der Waals surface area contributed by atoms with Crippen molar-refractivity contribution in [1.29, 1.82) is 0 Å². The fourth-order valence-electron chi connectivity index (χ4n) is 2.68. The molecule has 6 heteroatoms. The molecule has 1 aromatic rings. The summed E-state index contributed by atoms with van der Waals surface area (Å²) in [6.45, 7) is 7.78. The Bertz CT molecular complexity index is 449. The summed E-state index contributed by atoms with van der Waals surface area (Å²) in [5.41, 5.74) is 1.01. The Balaban J connectivity index is 1.54. The van der Waals surface area contributed by atoms with Gasteiger partial charge in [-0.15, -0.1) is 11.3 Å². The average Bonchev–Trinajstić information content (AvgIpc) is 2.89. The molecule has 0 bridgehead atoms. The number of hydrogen-bond acceptors (Lipinski definition) is 4. The Labute approximate surface area is 131 Å². The van der Waals surface area contributed by atoms with E-state index in [2.05, 4.69) is 27.4 Å². The zero-order valence-corrected chi connectivity index (χ0v) is 13.8. The topological polar surface area (TPSA) is 57.3 Å². The molecule has 0 aliphatic carbocycles. The second kappa shape index (κ2) is 8.34. The van der Waals surface area contributed by atoms with Crippen LogP contribution in [0.1, 0.15) is 43.3 Å². The number of aryl methyl sites for hydroxylation is 1. The number of likely N-dealkylation sites (tertiary alicyclic amines) is 1. The Kier molecular flexibility index (Phi) is 6.45. The zero-order valence-electron chi connectivity index (χ0n) is 13.0. The molecule has 2 amide bonds. The van der Waals surface area contributed by atoms with E-state index in [1.165, 1.54) is 25.8 Å². The Morgan fingerprint density at radius 1 is 1.48 bits per heavy atom. The average molecular weight is 310 g/mol. The van der Waals surface area contributed by atoms with Gasteiger partial charge in [0.25, 0.3) is 0 Å². The van der Waals surface area contributed by atoms with Gasteiger partial charge in [0.1, 0.15) is 5.01 Å². The van der Waals surface area contributed by atoms with E-state index in [9.17, 15) is 4.79 Å². The lowest BCUT2D eigenvalue weighted by Gasteiger charge is -2.33. The molecule has 1 aromatic heterocycles. The molecule has 0 saturated carbocycles. The van der Waals surface area contributed by atoms with Gasteiger partial charge in [0, 0.05) is 30.2 Å². The summed E-state index contributed by atoms with van der Waals surface area (Å²) >= 11 is 1.58. The molecule has 0 unspecified atom stereocenters. The molecule has 5 nitrogen and oxygen atoms in total. The Hall–Kier alpha value is -1.14. The van der Waals surface area contributed by atoms with Crippen LogP contribution in [-0.2, 0) is 6.54 Å². The molecular weight excluding hydrogens is 284 g/mol. The van der Waals surface area contributed by atoms with Crippen molar-refractivity contribution in [2.45, 2.75) is 52.1 Å². The summed E-state index contributed by atoms with van der Waals surface area (Å²) in [5.74, 6) is 0. The van der Waals surface area contributed by atoms with Crippen LogP contribution in [0.3, 0.4) is 0 Å². The van der Waals surface area contributed by atoms with Crippen molar-refractivity contribution >= 4 is 17.4 Å². The monoisotopic (exact) mass is 310 g/mol. The van der Waals surface area contributed by atoms with Crippen molar-refractivity contribution in [1.82, 2.24) is 20.5 Å². The van der Waals surface area contributed by atoms with E-state index < -0.39 is 0 Å². The standard InChI is InChI=1S/C15H26N4OS/c1-12-11-21-14(18-12)10-17-15(20)16-7-5-9-19-8-4-3-6-13(19)2/h11,13H,3-10H2,1-2H3,(H2,16,17,20)/t13-/m0/s1. The predicted octanol–water partition coefficient (Wildman–Crippen LogP) is 2.52. The minimum absolute atomic E-state index is 0.102. The first kappa shape index (κ1) is 16.2. The summed E-state index contributed by atoms with van der Waals surface area (Å²) < 4.78 is 0. The van der Waals surface area contributed by atoms with Crippen molar-refractivity contribution < 1.29 is 4.79 Å². The quantitative estimate of drug-likeness (QED) is 0.794. The number of nitrogens with zero attached hydrogens (tertiary/aromatic N) is 2. The number of nitrogens with one attached hydrogen (secondary N) is 2. The molecule has 118 valence electrons. The van der Waals surface area contributed by atoms with Crippen LogP contribution >= 0.6 is 11.3 Å². The van der Waals surface area contributed by atoms with Crippen LogP contribution in [0, 0.1) is 6.92 Å². The van der Waals surface area contributed by atoms with Crippen molar-refractivity contribution in [3.8, 4) is 0 Å². The molecule has 0 aromatic carbocycles. The second-order valence-corrected chi connectivity index (χ2v) is 6.67. The van der Waals surface area contributed by atoms with Gasteiger partial charge in [-0.05, 0) is 39.7 Å². The van der Waals surface area contributed by atoms with Gasteiger partial charge in [-0.1, -0.05) is 6.42 Å². The minimum atomic E-state index is -0.102. The van der Waals surface area contributed by atoms with Gasteiger partial charge in [0.2, 0.25) is 0 Å². The molecule has 1 atom stereocenters. The SMILES string of the molecule is Cc1csc(CNC(=O)NCCCN2CCCC[C@@H]2C)n1. The van der Waals surface area contributed by atoms with Crippen molar-refractivity contribution in [3.05, 3.63) is 16.1 Å². The molecule has 2 N–H and O–H groups in total. The Morgan fingerprint density at radius 2 is 2.33 bits per heavy atom. The van der Waals surface area contributed by atoms with E-state index in [0.29, 0.717) is 12.6 Å². The van der Waals surface area contributed by atoms with Gasteiger partial charge in [-0.3, -0.25) is 0 Å². The van der Waals surface area contributed by atoms with Crippen LogP contribution in [0.4, 0.5) is 4.79 Å². The van der Waals surface area contributed by atoms with Crippen molar-refractivity contribution in [2.75, 3.05) is 19.6 Å². The predicted molar refractivity (Wildman–Crippen MR) is 86.6 cm³/mol. The number of hydrogen-bond donors (Lipinski definition) is 2. The van der Waals surface area contributed by atoms with E-state index in [-0.39, 0.29) is 6.03 Å². The molecule has 0 radical (unpaired) electrons. The summed E-state index contributed by atoms with van der Waals surface area (Å²) in [6, 6.07) is 0.593. The van der Waals surface area contributed by atoms with Crippen molar-refractivity contribution in [3.63, 3.8) is 0 Å². The molecular formula is C15H26N4OS. The normalized spacial score (nSPS) is 19.4. The fraction of sp³-hybridized carbons (Fsp3) is 0.733. The van der Waals surface area contributed by atoms with Crippen molar-refractivity contribution in [2.24, 2.45) is 0 Å². The lowest BCUT2D eigenvalue weighted by Crippen LogP contribution is -2.40. The number of carbonyl (C=O) groups is 1. The molecule has 1 saturated heterocycles. The van der Waals surface area contributed by atoms with E-state index in [4.69, 9.17) is 0 Å². The highest BCUT2D eigenvalue weighted by Gasteiger charge is 2.17. The third-order valence-corrected chi connectivity index (χ3v) is 4.88. The van der Waals surface area contributed by atoms with Gasteiger partial charge in [0.15, 0.2) is 0 Å². The molecule has 1 aliphatic rings. The third-order valence-electron chi connectivity index (χ3n) is 3.91. The van der Waals surface area contributed by atoms with Crippen LogP contribution in [0.15, 0.2) is 5.38 Å². The highest BCUT2D eigenvalue weighted by Crippen LogP contribution is 2.16. The van der Waals surface area contributed by atoms with Gasteiger partial charge < -0.3 is 15.5 Å². The molecule has 2 rings (SSSR count). The van der Waals surface area contributed by atoms with Crippen LogP contribution in [0.25, 0.3) is 0 Å². The Morgan fingerprint density at radius 3 is 3.05 bits per heavy atom. The maximum atomic E-state index is 11.7. The van der Waals surface area contributed by atoms with E-state index in [1.807, 2.05) is 12.3 Å². The smallest absolute Gasteiger partial charge is 0.315 e. The fourth-order valence-corrected chi connectivity index (χ4v) is 3.39. The highest BCUT2D eigenvalue weighted by atomic mass is 32.1. The van der Waals surface area contributed by atoms with Gasteiger partial charge in [-0.25, -0.2) is 9.78 Å². The first-order valence-corrected chi connectivity index (χ1v) is 8.70. The second-order valence-electron chi connectivity index (χ2n) is 5.73. The molecule has 1 fully saturated rings. The first-order chi connectivity index (χ1) is 10.1. The van der Waals surface area contributed by atoms with Crippen LogP contribution in [-0.4, -0.2) is 41.6 Å².